The number of carbonyl (C=O) groups is 2. The number of anilines is 1. The van der Waals surface area contributed by atoms with Gasteiger partial charge in [-0.15, -0.1) is 0 Å². The minimum atomic E-state index is -0.944. The van der Waals surface area contributed by atoms with E-state index in [1.165, 1.54) is 11.3 Å². The van der Waals surface area contributed by atoms with Crippen LogP contribution in [-0.2, 0) is 9.59 Å². The quantitative estimate of drug-likeness (QED) is 0.840. The van der Waals surface area contributed by atoms with E-state index in [9.17, 15) is 14.7 Å². The van der Waals surface area contributed by atoms with E-state index in [0.717, 1.165) is 10.2 Å². The second-order valence-electron chi connectivity index (χ2n) is 5.11. The van der Waals surface area contributed by atoms with Crippen LogP contribution in [0.2, 0.25) is 5.02 Å². The molecule has 114 valence electrons. The van der Waals surface area contributed by atoms with Crippen LogP contribution in [-0.4, -0.2) is 22.0 Å². The number of carboxylic acid groups (broad SMARTS) is 1. The number of rotatable bonds is 3. The Morgan fingerprint density at radius 1 is 1.27 bits per heavy atom. The molecule has 0 fully saturated rings. The molecule has 0 unspecified atom stereocenters. The number of amides is 1. The topological polar surface area (TPSA) is 79.3 Å². The SMILES string of the molecule is O=C(O)[C@H]1CC=CC[C@H]1C(=O)Nc1nc2ccc(Cl)cc2s1. The van der Waals surface area contributed by atoms with Crippen LogP contribution in [0, 0.1) is 11.8 Å². The molecule has 7 heteroatoms. The number of halogens is 1. The smallest absolute Gasteiger partial charge is 0.307 e. The molecule has 1 aliphatic carbocycles. The van der Waals surface area contributed by atoms with Gasteiger partial charge in [-0.1, -0.05) is 35.1 Å². The van der Waals surface area contributed by atoms with Crippen LogP contribution in [0.1, 0.15) is 12.8 Å². The number of aliphatic carboxylic acids is 1. The molecule has 2 aromatic rings. The van der Waals surface area contributed by atoms with E-state index in [2.05, 4.69) is 10.3 Å². The number of benzene rings is 1. The summed E-state index contributed by atoms with van der Waals surface area (Å²) in [5, 5.41) is 13.0. The van der Waals surface area contributed by atoms with Crippen LogP contribution >= 0.6 is 22.9 Å². The lowest BCUT2D eigenvalue weighted by atomic mass is 9.82. The van der Waals surface area contributed by atoms with Crippen LogP contribution in [0.4, 0.5) is 5.13 Å². The second kappa shape index (κ2) is 6.06. The standard InChI is InChI=1S/C15H13ClN2O3S/c16-8-5-6-11-12(7-8)22-15(17-11)18-13(19)9-3-1-2-4-10(9)14(20)21/h1-2,5-7,9-10H,3-4H2,(H,20,21)(H,17,18,19)/t9-,10+/m1/s1. The maximum Gasteiger partial charge on any atom is 0.307 e. The van der Waals surface area contributed by atoms with Gasteiger partial charge >= 0.3 is 5.97 Å². The number of carboxylic acids is 1. The molecule has 1 heterocycles. The van der Waals surface area contributed by atoms with Gasteiger partial charge in [0.25, 0.3) is 0 Å². The van der Waals surface area contributed by atoms with E-state index >= 15 is 0 Å². The van der Waals surface area contributed by atoms with Gasteiger partial charge < -0.3 is 10.4 Å². The van der Waals surface area contributed by atoms with Gasteiger partial charge in [-0.2, -0.15) is 0 Å². The summed E-state index contributed by atoms with van der Waals surface area (Å²) in [7, 11) is 0. The molecular weight excluding hydrogens is 324 g/mol. The molecule has 0 radical (unpaired) electrons. The summed E-state index contributed by atoms with van der Waals surface area (Å²) >= 11 is 7.25. The number of allylic oxidation sites excluding steroid dienone is 2. The van der Waals surface area contributed by atoms with E-state index in [0.29, 0.717) is 23.0 Å². The number of aromatic nitrogens is 1. The number of thiazole rings is 1. The van der Waals surface area contributed by atoms with Gasteiger partial charge in [-0.3, -0.25) is 9.59 Å². The third-order valence-electron chi connectivity index (χ3n) is 3.67. The zero-order valence-electron chi connectivity index (χ0n) is 11.5. The molecule has 1 aromatic heterocycles. The lowest BCUT2D eigenvalue weighted by Crippen LogP contribution is -2.34. The molecule has 2 atom stereocenters. The molecule has 1 aromatic carbocycles. The Morgan fingerprint density at radius 2 is 2.00 bits per heavy atom. The Labute approximate surface area is 135 Å². The van der Waals surface area contributed by atoms with Gasteiger partial charge in [0, 0.05) is 5.02 Å². The summed E-state index contributed by atoms with van der Waals surface area (Å²) in [5.41, 5.74) is 0.753. The van der Waals surface area contributed by atoms with Gasteiger partial charge in [0.15, 0.2) is 5.13 Å². The van der Waals surface area contributed by atoms with Crippen LogP contribution in [0.5, 0.6) is 0 Å². The number of nitrogens with zero attached hydrogens (tertiary/aromatic N) is 1. The molecule has 1 amide bonds. The predicted molar refractivity (Wildman–Crippen MR) is 86.2 cm³/mol. The van der Waals surface area contributed by atoms with Crippen LogP contribution < -0.4 is 5.32 Å². The highest BCUT2D eigenvalue weighted by atomic mass is 35.5. The first-order valence-corrected chi connectivity index (χ1v) is 7.99. The second-order valence-corrected chi connectivity index (χ2v) is 6.58. The summed E-state index contributed by atoms with van der Waals surface area (Å²) in [5.74, 6) is -2.51. The lowest BCUT2D eigenvalue weighted by Gasteiger charge is -2.23. The fourth-order valence-corrected chi connectivity index (χ4v) is 3.67. The summed E-state index contributed by atoms with van der Waals surface area (Å²) in [4.78, 5) is 27.9. The minimum absolute atomic E-state index is 0.304. The van der Waals surface area contributed by atoms with Crippen molar-refractivity contribution in [2.24, 2.45) is 11.8 Å². The number of nitrogens with one attached hydrogen (secondary N) is 1. The maximum absolute atomic E-state index is 12.4. The number of carbonyl (C=O) groups excluding carboxylic acids is 1. The van der Waals surface area contributed by atoms with Crippen molar-refractivity contribution in [3.8, 4) is 0 Å². The largest absolute Gasteiger partial charge is 0.481 e. The van der Waals surface area contributed by atoms with Crippen LogP contribution in [0.25, 0.3) is 10.2 Å². The van der Waals surface area contributed by atoms with Gasteiger partial charge in [-0.25, -0.2) is 4.98 Å². The highest BCUT2D eigenvalue weighted by Crippen LogP contribution is 2.31. The molecule has 0 bridgehead atoms. The van der Waals surface area contributed by atoms with Crippen molar-refractivity contribution in [2.45, 2.75) is 12.8 Å². The van der Waals surface area contributed by atoms with E-state index in [1.807, 2.05) is 12.2 Å². The molecule has 0 spiro atoms. The van der Waals surface area contributed by atoms with Crippen molar-refractivity contribution in [1.82, 2.24) is 4.98 Å². The molecule has 2 N–H and O–H groups in total. The van der Waals surface area contributed by atoms with Crippen molar-refractivity contribution >= 4 is 50.2 Å². The van der Waals surface area contributed by atoms with Gasteiger partial charge in [0.05, 0.1) is 22.1 Å². The van der Waals surface area contributed by atoms with E-state index in [1.54, 1.807) is 18.2 Å². The van der Waals surface area contributed by atoms with Crippen molar-refractivity contribution in [2.75, 3.05) is 5.32 Å². The fraction of sp³-hybridized carbons (Fsp3) is 0.267. The van der Waals surface area contributed by atoms with Gasteiger partial charge in [-0.05, 0) is 31.0 Å². The van der Waals surface area contributed by atoms with Crippen molar-refractivity contribution in [3.63, 3.8) is 0 Å². The molecular formula is C15H13ClN2O3S. The monoisotopic (exact) mass is 336 g/mol. The predicted octanol–water partition coefficient (Wildman–Crippen LogP) is 3.56. The molecule has 0 aliphatic heterocycles. The fourth-order valence-electron chi connectivity index (χ4n) is 2.53. The van der Waals surface area contributed by atoms with Crippen LogP contribution in [0.3, 0.4) is 0 Å². The Hall–Kier alpha value is -1.92. The summed E-state index contributed by atoms with van der Waals surface area (Å²) in [6.45, 7) is 0. The minimum Gasteiger partial charge on any atom is -0.481 e. The number of fused-ring (bicyclic) bond motifs is 1. The number of hydrogen-bond donors (Lipinski definition) is 2. The Bertz CT molecular complexity index is 771. The highest BCUT2D eigenvalue weighted by molar-refractivity contribution is 7.22. The van der Waals surface area contributed by atoms with Crippen molar-refractivity contribution in [3.05, 3.63) is 35.4 Å². The first kappa shape index (κ1) is 15.0. The molecule has 0 saturated carbocycles. The normalized spacial score (nSPS) is 21.0. The lowest BCUT2D eigenvalue weighted by molar-refractivity contribution is -0.146. The Morgan fingerprint density at radius 3 is 2.73 bits per heavy atom. The summed E-state index contributed by atoms with van der Waals surface area (Å²) < 4.78 is 0.876. The van der Waals surface area contributed by atoms with Gasteiger partial charge in [0.2, 0.25) is 5.91 Å². The summed E-state index contributed by atoms with van der Waals surface area (Å²) in [6, 6.07) is 5.31. The molecule has 3 rings (SSSR count). The van der Waals surface area contributed by atoms with E-state index in [4.69, 9.17) is 11.6 Å². The third-order valence-corrected chi connectivity index (χ3v) is 4.84. The maximum atomic E-state index is 12.4. The van der Waals surface area contributed by atoms with Gasteiger partial charge in [0.1, 0.15) is 0 Å². The first-order chi connectivity index (χ1) is 10.5. The van der Waals surface area contributed by atoms with Crippen molar-refractivity contribution < 1.29 is 14.7 Å². The Balaban J connectivity index is 1.80. The Kier molecular flexibility index (Phi) is 4.13. The van der Waals surface area contributed by atoms with E-state index < -0.39 is 17.8 Å². The molecule has 22 heavy (non-hydrogen) atoms. The van der Waals surface area contributed by atoms with Crippen molar-refractivity contribution in [1.29, 1.82) is 0 Å². The average molecular weight is 337 g/mol. The van der Waals surface area contributed by atoms with Crippen LogP contribution in [0.15, 0.2) is 30.4 Å². The molecule has 0 saturated heterocycles. The van der Waals surface area contributed by atoms with E-state index in [-0.39, 0.29) is 5.91 Å². The number of hydrogen-bond acceptors (Lipinski definition) is 4. The average Bonchev–Trinajstić information content (AvgIpc) is 2.88. The summed E-state index contributed by atoms with van der Waals surface area (Å²) in [6.07, 6.45) is 4.46. The third kappa shape index (κ3) is 2.98. The zero-order valence-corrected chi connectivity index (χ0v) is 13.0. The molecule has 5 nitrogen and oxygen atoms in total. The zero-order chi connectivity index (χ0) is 15.7. The first-order valence-electron chi connectivity index (χ1n) is 6.79. The molecule has 1 aliphatic rings. The highest BCUT2D eigenvalue weighted by Gasteiger charge is 2.34.